The molecule has 0 saturated heterocycles. The van der Waals surface area contributed by atoms with Gasteiger partial charge in [-0.05, 0) is 37.1 Å². The molecular weight excluding hydrogens is 300 g/mol. The van der Waals surface area contributed by atoms with E-state index < -0.39 is 10.0 Å². The van der Waals surface area contributed by atoms with Gasteiger partial charge in [-0.25, -0.2) is 8.42 Å². The Morgan fingerprint density at radius 1 is 1.05 bits per heavy atom. The zero-order chi connectivity index (χ0) is 16.8. The standard InChI is InChI=1S/C16H26N2O3S/c1-5-14(6-2)17-16(19)13-9-11-15(12-10-13)22(20,21)18(7-3)8-4/h9-12,14H,5-8H2,1-4H3,(H,17,19). The van der Waals surface area contributed by atoms with Crippen LogP contribution < -0.4 is 5.32 Å². The number of benzene rings is 1. The Balaban J connectivity index is 2.93. The Bertz CT molecular complexity index is 574. The quantitative estimate of drug-likeness (QED) is 0.798. The first-order valence-electron chi connectivity index (χ1n) is 7.81. The second kappa shape index (κ2) is 8.29. The Hall–Kier alpha value is -1.40. The molecule has 0 aliphatic rings. The smallest absolute Gasteiger partial charge is 0.251 e. The van der Waals surface area contributed by atoms with Gasteiger partial charge >= 0.3 is 0 Å². The third kappa shape index (κ3) is 4.30. The molecule has 1 aromatic rings. The summed E-state index contributed by atoms with van der Waals surface area (Å²) in [5.74, 6) is -0.166. The third-order valence-corrected chi connectivity index (χ3v) is 5.84. The summed E-state index contributed by atoms with van der Waals surface area (Å²) < 4.78 is 26.1. The summed E-state index contributed by atoms with van der Waals surface area (Å²) in [4.78, 5) is 12.3. The Morgan fingerprint density at radius 3 is 1.95 bits per heavy atom. The zero-order valence-corrected chi connectivity index (χ0v) is 14.6. The maximum atomic E-state index is 12.4. The van der Waals surface area contributed by atoms with Gasteiger partial charge in [0.15, 0.2) is 0 Å². The minimum Gasteiger partial charge on any atom is -0.349 e. The molecule has 0 unspecified atom stereocenters. The maximum absolute atomic E-state index is 12.4. The molecular formula is C16H26N2O3S. The first-order valence-corrected chi connectivity index (χ1v) is 9.25. The lowest BCUT2D eigenvalue weighted by atomic mass is 10.1. The van der Waals surface area contributed by atoms with Crippen LogP contribution in [0, 0.1) is 0 Å². The number of nitrogens with zero attached hydrogens (tertiary/aromatic N) is 1. The zero-order valence-electron chi connectivity index (χ0n) is 13.8. The van der Waals surface area contributed by atoms with Crippen molar-refractivity contribution in [3.05, 3.63) is 29.8 Å². The average Bonchev–Trinajstić information content (AvgIpc) is 2.53. The molecule has 1 amide bonds. The van der Waals surface area contributed by atoms with Crippen LogP contribution in [0.4, 0.5) is 0 Å². The van der Waals surface area contributed by atoms with Gasteiger partial charge in [0.2, 0.25) is 10.0 Å². The molecule has 5 nitrogen and oxygen atoms in total. The van der Waals surface area contributed by atoms with Crippen LogP contribution >= 0.6 is 0 Å². The second-order valence-corrected chi connectivity index (χ2v) is 7.04. The highest BCUT2D eigenvalue weighted by Gasteiger charge is 2.21. The predicted octanol–water partition coefficient (Wildman–Crippen LogP) is 2.64. The molecule has 1 rings (SSSR count). The number of rotatable bonds is 8. The van der Waals surface area contributed by atoms with Gasteiger partial charge in [0.05, 0.1) is 4.90 Å². The van der Waals surface area contributed by atoms with Gasteiger partial charge < -0.3 is 5.32 Å². The van der Waals surface area contributed by atoms with E-state index in [1.165, 1.54) is 16.4 Å². The Labute approximate surface area is 133 Å². The fourth-order valence-corrected chi connectivity index (χ4v) is 3.71. The van der Waals surface area contributed by atoms with Crippen molar-refractivity contribution in [2.45, 2.75) is 51.5 Å². The largest absolute Gasteiger partial charge is 0.349 e. The van der Waals surface area contributed by atoms with Crippen molar-refractivity contribution in [1.82, 2.24) is 9.62 Å². The number of carbonyl (C=O) groups excluding carboxylic acids is 1. The minimum atomic E-state index is -3.47. The summed E-state index contributed by atoms with van der Waals surface area (Å²) in [7, 11) is -3.47. The summed E-state index contributed by atoms with van der Waals surface area (Å²) >= 11 is 0. The summed E-state index contributed by atoms with van der Waals surface area (Å²) in [5, 5.41) is 2.94. The summed E-state index contributed by atoms with van der Waals surface area (Å²) in [6.07, 6.45) is 1.74. The van der Waals surface area contributed by atoms with Gasteiger partial charge in [0.25, 0.3) is 5.91 Å². The number of sulfonamides is 1. The van der Waals surface area contributed by atoms with Gasteiger partial charge in [0.1, 0.15) is 0 Å². The molecule has 1 N–H and O–H groups in total. The van der Waals surface area contributed by atoms with Crippen LogP contribution in [0.15, 0.2) is 29.2 Å². The van der Waals surface area contributed by atoms with E-state index in [1.54, 1.807) is 26.0 Å². The summed E-state index contributed by atoms with van der Waals surface area (Å²) in [6.45, 7) is 8.50. The van der Waals surface area contributed by atoms with Crippen molar-refractivity contribution in [2.75, 3.05) is 13.1 Å². The number of nitrogens with one attached hydrogen (secondary N) is 1. The molecule has 0 radical (unpaired) electrons. The third-order valence-electron chi connectivity index (χ3n) is 3.78. The molecule has 0 aliphatic heterocycles. The molecule has 22 heavy (non-hydrogen) atoms. The fraction of sp³-hybridized carbons (Fsp3) is 0.562. The van der Waals surface area contributed by atoms with Crippen molar-refractivity contribution in [2.24, 2.45) is 0 Å². The van der Waals surface area contributed by atoms with Crippen LogP contribution in [0.2, 0.25) is 0 Å². The highest BCUT2D eigenvalue weighted by atomic mass is 32.2. The number of amides is 1. The fourth-order valence-electron chi connectivity index (χ4n) is 2.25. The van der Waals surface area contributed by atoms with E-state index in [0.29, 0.717) is 18.7 Å². The summed E-state index contributed by atoms with van der Waals surface area (Å²) in [5.41, 5.74) is 0.477. The van der Waals surface area contributed by atoms with Crippen molar-refractivity contribution >= 4 is 15.9 Å². The van der Waals surface area contributed by atoms with Crippen LogP contribution in [0.25, 0.3) is 0 Å². The lowest BCUT2D eigenvalue weighted by Gasteiger charge is -2.18. The monoisotopic (exact) mass is 326 g/mol. The van der Waals surface area contributed by atoms with E-state index >= 15 is 0 Å². The number of hydrogen-bond donors (Lipinski definition) is 1. The van der Waals surface area contributed by atoms with Crippen LogP contribution in [0.5, 0.6) is 0 Å². The van der Waals surface area contributed by atoms with E-state index in [4.69, 9.17) is 0 Å². The SMILES string of the molecule is CCC(CC)NC(=O)c1ccc(S(=O)(=O)N(CC)CC)cc1. The lowest BCUT2D eigenvalue weighted by molar-refractivity contribution is 0.0934. The van der Waals surface area contributed by atoms with Crippen LogP contribution in [0.1, 0.15) is 50.9 Å². The molecule has 0 atom stereocenters. The van der Waals surface area contributed by atoms with Gasteiger partial charge in [-0.2, -0.15) is 4.31 Å². The van der Waals surface area contributed by atoms with Gasteiger partial charge in [-0.15, -0.1) is 0 Å². The molecule has 0 bridgehead atoms. The molecule has 0 heterocycles. The average molecular weight is 326 g/mol. The van der Waals surface area contributed by atoms with Crippen LogP contribution in [-0.4, -0.2) is 37.8 Å². The molecule has 0 aromatic heterocycles. The number of hydrogen-bond acceptors (Lipinski definition) is 3. The summed E-state index contributed by atoms with van der Waals surface area (Å²) in [6, 6.07) is 6.26. The van der Waals surface area contributed by atoms with Crippen LogP contribution in [0.3, 0.4) is 0 Å². The molecule has 0 spiro atoms. The van der Waals surface area contributed by atoms with E-state index in [2.05, 4.69) is 5.32 Å². The minimum absolute atomic E-state index is 0.145. The Morgan fingerprint density at radius 2 is 1.55 bits per heavy atom. The molecule has 1 aromatic carbocycles. The van der Waals surface area contributed by atoms with E-state index in [9.17, 15) is 13.2 Å². The van der Waals surface area contributed by atoms with E-state index in [-0.39, 0.29) is 16.8 Å². The van der Waals surface area contributed by atoms with Gasteiger partial charge in [0, 0.05) is 24.7 Å². The molecule has 0 saturated carbocycles. The molecule has 0 aliphatic carbocycles. The first kappa shape index (κ1) is 18.6. The number of carbonyl (C=O) groups is 1. The van der Waals surface area contributed by atoms with Crippen molar-refractivity contribution in [3.8, 4) is 0 Å². The normalized spacial score (nSPS) is 11.9. The Kier molecular flexibility index (Phi) is 7.03. The van der Waals surface area contributed by atoms with Crippen molar-refractivity contribution < 1.29 is 13.2 Å². The van der Waals surface area contributed by atoms with E-state index in [0.717, 1.165) is 12.8 Å². The topological polar surface area (TPSA) is 66.5 Å². The maximum Gasteiger partial charge on any atom is 0.251 e. The molecule has 0 fully saturated rings. The van der Waals surface area contributed by atoms with Crippen molar-refractivity contribution in [1.29, 1.82) is 0 Å². The van der Waals surface area contributed by atoms with Crippen molar-refractivity contribution in [3.63, 3.8) is 0 Å². The van der Waals surface area contributed by atoms with Gasteiger partial charge in [-0.3, -0.25) is 4.79 Å². The van der Waals surface area contributed by atoms with Gasteiger partial charge in [-0.1, -0.05) is 27.7 Å². The first-order chi connectivity index (χ1) is 10.4. The highest BCUT2D eigenvalue weighted by Crippen LogP contribution is 2.16. The van der Waals surface area contributed by atoms with E-state index in [1.807, 2.05) is 13.8 Å². The molecule has 124 valence electrons. The van der Waals surface area contributed by atoms with Crippen LogP contribution in [-0.2, 0) is 10.0 Å². The molecule has 6 heteroatoms. The second-order valence-electron chi connectivity index (χ2n) is 5.10. The predicted molar refractivity (Wildman–Crippen MR) is 88.4 cm³/mol. The lowest BCUT2D eigenvalue weighted by Crippen LogP contribution is -2.34. The highest BCUT2D eigenvalue weighted by molar-refractivity contribution is 7.89.